The fourth-order valence-corrected chi connectivity index (χ4v) is 6.53. The fraction of sp³-hybridized carbons (Fsp3) is 0.636. The average molecular weight is 1010 g/mol. The first-order valence-corrected chi connectivity index (χ1v) is 24.0. The number of anilines is 1. The zero-order valence-electron chi connectivity index (χ0n) is 39.7. The average Bonchev–Trinajstić information content (AvgIpc) is 3.31. The first-order valence-electron chi connectivity index (χ1n) is 23.2. The maximum atomic E-state index is 13.1. The lowest BCUT2D eigenvalue weighted by Gasteiger charge is -2.19. The van der Waals surface area contributed by atoms with Crippen LogP contribution in [0.15, 0.2) is 29.3 Å². The van der Waals surface area contributed by atoms with Crippen LogP contribution in [0.2, 0.25) is 0 Å². The topological polar surface area (TPSA) is 315 Å². The quantitative estimate of drug-likeness (QED) is 0.0152. The van der Waals surface area contributed by atoms with Crippen molar-refractivity contribution in [2.45, 2.75) is 129 Å². The van der Waals surface area contributed by atoms with Gasteiger partial charge >= 0.3 is 0 Å². The third kappa shape index (κ3) is 31.1. The molecule has 69 heavy (non-hydrogen) atoms. The van der Waals surface area contributed by atoms with Gasteiger partial charge in [0.1, 0.15) is 6.04 Å². The van der Waals surface area contributed by atoms with E-state index in [1.807, 2.05) is 0 Å². The summed E-state index contributed by atoms with van der Waals surface area (Å²) in [5.74, 6) is -3.94. The molecule has 25 heteroatoms. The van der Waals surface area contributed by atoms with Gasteiger partial charge in [0, 0.05) is 104 Å². The highest BCUT2D eigenvalue weighted by Gasteiger charge is 2.21. The summed E-state index contributed by atoms with van der Waals surface area (Å²) in [6, 6.07) is 6.21. The third-order valence-electron chi connectivity index (χ3n) is 10.2. The molecule has 1 aromatic carbocycles. The van der Waals surface area contributed by atoms with Gasteiger partial charge in [-0.1, -0.05) is 0 Å². The Kier molecular flexibility index (Phi) is 33.1. The van der Waals surface area contributed by atoms with Crippen molar-refractivity contribution in [2.24, 2.45) is 4.99 Å². The monoisotopic (exact) mass is 1010 g/mol. The molecule has 0 spiro atoms. The zero-order valence-corrected chi connectivity index (χ0v) is 41.3. The highest BCUT2D eigenvalue weighted by molar-refractivity contribution is 7.80. The molecule has 0 aliphatic rings. The number of amides is 8. The Morgan fingerprint density at radius 1 is 0.580 bits per heavy atom. The minimum Gasteiger partial charge on any atom is -0.362 e. The molecular formula is C44H71N11O12S2. The summed E-state index contributed by atoms with van der Waals surface area (Å²) in [7, 11) is 1.16. The molecule has 8 amide bonds. The molecule has 0 aliphatic carbocycles. The van der Waals surface area contributed by atoms with Crippen molar-refractivity contribution in [1.82, 2.24) is 46.8 Å². The number of isothiocyanates is 1. The maximum absolute atomic E-state index is 13.1. The van der Waals surface area contributed by atoms with Crippen LogP contribution in [0.1, 0.15) is 122 Å². The normalized spacial score (nSPS) is 10.9. The van der Waals surface area contributed by atoms with Crippen LogP contribution in [-0.4, -0.2) is 158 Å². The molecule has 0 bridgehead atoms. The van der Waals surface area contributed by atoms with Gasteiger partial charge in [-0.2, -0.15) is 4.99 Å². The minimum absolute atomic E-state index is 0.0196. The summed E-state index contributed by atoms with van der Waals surface area (Å²) < 4.78 is 0. The number of hydroxylamine groups is 8. The van der Waals surface area contributed by atoms with Gasteiger partial charge in [0.05, 0.1) is 10.8 Å². The Hall–Kier alpha value is -5.69. The van der Waals surface area contributed by atoms with Gasteiger partial charge in [-0.05, 0) is 126 Å². The molecule has 23 nitrogen and oxygen atoms in total. The van der Waals surface area contributed by atoms with Gasteiger partial charge < -0.3 is 31.9 Å². The minimum atomic E-state index is -0.884. The van der Waals surface area contributed by atoms with Gasteiger partial charge in [0.15, 0.2) is 5.11 Å². The van der Waals surface area contributed by atoms with Crippen molar-refractivity contribution in [3.8, 4) is 0 Å². The van der Waals surface area contributed by atoms with E-state index in [1.165, 1.54) is 6.92 Å². The molecule has 10 N–H and O–H groups in total. The van der Waals surface area contributed by atoms with Crippen LogP contribution in [0.25, 0.3) is 0 Å². The van der Waals surface area contributed by atoms with Crippen LogP contribution in [-0.2, 0) is 38.4 Å². The number of aliphatic imine (C=N–C) groups is 1. The number of unbranched alkanes of at least 4 members (excludes halogenated alkanes) is 7. The van der Waals surface area contributed by atoms with E-state index in [-0.39, 0.29) is 76.5 Å². The second kappa shape index (κ2) is 37.2. The molecule has 386 valence electrons. The Labute approximate surface area is 414 Å². The largest absolute Gasteiger partial charge is 0.362 e. The van der Waals surface area contributed by atoms with Crippen LogP contribution >= 0.6 is 24.4 Å². The Morgan fingerprint density at radius 3 is 1.52 bits per heavy atom. The zero-order chi connectivity index (χ0) is 51.4. The van der Waals surface area contributed by atoms with Gasteiger partial charge in [-0.15, -0.1) is 0 Å². The Morgan fingerprint density at radius 2 is 1.03 bits per heavy atom. The summed E-state index contributed by atoms with van der Waals surface area (Å²) in [6.07, 6.45) is 5.40. The molecule has 0 saturated carbocycles. The van der Waals surface area contributed by atoms with Gasteiger partial charge in [0.25, 0.3) is 0 Å². The molecule has 1 unspecified atom stereocenters. The number of benzene rings is 1. The molecule has 1 rings (SSSR count). The molecule has 0 heterocycles. The summed E-state index contributed by atoms with van der Waals surface area (Å²) in [5, 5.41) is 60.7. The Balaban J connectivity index is 2.27. The summed E-state index contributed by atoms with van der Waals surface area (Å²) in [5.41, 5.74) is 1.41. The number of nitrogens with one attached hydrogen (secondary N) is 6. The first-order chi connectivity index (χ1) is 32.9. The standard InChI is InChI=1S/C44H71N11O12S2/c1-33(56)53(65)29-11-3-7-25-45-37(57)19-23-41(61)54(66)30-12-4-8-26-46-38(58)20-24-42(62)55(67)31-13-5-9-27-47-43(63)36(51-39(59)21-22-40(60)52(2)64)14-6-10-28-48-44(69)50-35-17-15-34(16-18-35)49-32-68/h15-18,36,64-67H,3-14,19-31H2,1-2H3,(H,45,57)(H,46,58)(H,47,63)(H,51,59)(H2,48,50,69). The summed E-state index contributed by atoms with van der Waals surface area (Å²) >= 11 is 9.96. The van der Waals surface area contributed by atoms with E-state index < -0.39 is 41.5 Å². The molecule has 0 saturated heterocycles. The van der Waals surface area contributed by atoms with E-state index in [0.717, 1.165) is 12.7 Å². The smallest absolute Gasteiger partial charge is 0.246 e. The van der Waals surface area contributed by atoms with Crippen molar-refractivity contribution >= 4 is 93.3 Å². The van der Waals surface area contributed by atoms with E-state index in [1.54, 1.807) is 24.3 Å². The lowest BCUT2D eigenvalue weighted by atomic mass is 10.1. The fourth-order valence-electron chi connectivity index (χ4n) is 6.20. The Bertz CT molecular complexity index is 1840. The highest BCUT2D eigenvalue weighted by atomic mass is 32.1. The predicted octanol–water partition coefficient (Wildman–Crippen LogP) is 3.08. The number of hydrogen-bond acceptors (Lipinski definition) is 15. The lowest BCUT2D eigenvalue weighted by Crippen LogP contribution is -2.47. The molecule has 1 atom stereocenters. The van der Waals surface area contributed by atoms with Crippen molar-refractivity contribution in [3.05, 3.63) is 24.3 Å². The predicted molar refractivity (Wildman–Crippen MR) is 260 cm³/mol. The first kappa shape index (κ1) is 61.3. The molecule has 0 fully saturated rings. The number of rotatable bonds is 36. The summed E-state index contributed by atoms with van der Waals surface area (Å²) in [4.78, 5) is 101. The van der Waals surface area contributed by atoms with Gasteiger partial charge in [-0.3, -0.25) is 59.2 Å². The van der Waals surface area contributed by atoms with E-state index in [2.05, 4.69) is 54.3 Å². The third-order valence-corrected chi connectivity index (χ3v) is 10.6. The van der Waals surface area contributed by atoms with E-state index in [0.29, 0.717) is 128 Å². The molecular weight excluding hydrogens is 939 g/mol. The SMILES string of the molecule is CC(=O)N(O)CCCCCNC(=O)CCC(=O)N(O)CCCCCNC(=O)CCC(=O)N(O)CCCCCNC(=O)C(CCCCNC(=S)Nc1ccc(N=C=S)cc1)NC(=O)CCC(=O)N(C)O. The maximum Gasteiger partial charge on any atom is 0.246 e. The van der Waals surface area contributed by atoms with Gasteiger partial charge in [-0.25, -0.2) is 20.3 Å². The lowest BCUT2D eigenvalue weighted by molar-refractivity contribution is -0.166. The van der Waals surface area contributed by atoms with Crippen molar-refractivity contribution in [1.29, 1.82) is 0 Å². The number of hydrogen-bond donors (Lipinski definition) is 10. The van der Waals surface area contributed by atoms with Crippen LogP contribution in [0, 0.1) is 0 Å². The van der Waals surface area contributed by atoms with E-state index in [9.17, 15) is 59.2 Å². The number of carbonyl (C=O) groups excluding carboxylic acids is 8. The summed E-state index contributed by atoms with van der Waals surface area (Å²) in [6.45, 7) is 3.00. The van der Waals surface area contributed by atoms with Crippen LogP contribution < -0.4 is 31.9 Å². The molecule has 0 aliphatic heterocycles. The van der Waals surface area contributed by atoms with Gasteiger partial charge in [0.2, 0.25) is 47.3 Å². The second-order valence-corrected chi connectivity index (χ2v) is 16.6. The van der Waals surface area contributed by atoms with E-state index >= 15 is 0 Å². The molecule has 1 aromatic rings. The number of thiocarbonyl (C=S) groups is 2. The van der Waals surface area contributed by atoms with Crippen molar-refractivity contribution in [2.75, 3.05) is 58.2 Å². The van der Waals surface area contributed by atoms with Crippen molar-refractivity contribution < 1.29 is 59.2 Å². The van der Waals surface area contributed by atoms with Crippen molar-refractivity contribution in [3.63, 3.8) is 0 Å². The number of nitrogens with zero attached hydrogens (tertiary/aromatic N) is 5. The van der Waals surface area contributed by atoms with Crippen LogP contribution in [0.4, 0.5) is 11.4 Å². The van der Waals surface area contributed by atoms with E-state index in [4.69, 9.17) is 12.2 Å². The van der Waals surface area contributed by atoms with Crippen LogP contribution in [0.3, 0.4) is 0 Å². The number of carbonyl (C=O) groups is 8. The second-order valence-electron chi connectivity index (χ2n) is 16.0. The highest BCUT2D eigenvalue weighted by Crippen LogP contribution is 2.16. The molecule has 0 aromatic heterocycles. The molecule has 0 radical (unpaired) electrons. The van der Waals surface area contributed by atoms with Crippen LogP contribution in [0.5, 0.6) is 0 Å².